The predicted molar refractivity (Wildman–Crippen MR) is 44.9 cm³/mol. The van der Waals surface area contributed by atoms with Crippen LogP contribution in [-0.4, -0.2) is 36.0 Å². The van der Waals surface area contributed by atoms with Crippen molar-refractivity contribution in [1.29, 1.82) is 0 Å². The highest BCUT2D eigenvalue weighted by molar-refractivity contribution is 5.06. The molecule has 4 heteroatoms. The standard InChI is InChI=1S/C9H14O4/c1-8(2)12-7-4-3-5-11-9(7,6-10)13-8/h3-4,7,10H,5-6H2,1-2H3/t7-,9-/m0/s1. The zero-order chi connectivity index (χ0) is 9.53. The van der Waals surface area contributed by atoms with Crippen molar-refractivity contribution in [3.05, 3.63) is 12.2 Å². The summed E-state index contributed by atoms with van der Waals surface area (Å²) in [5.41, 5.74) is 0. The van der Waals surface area contributed by atoms with Crippen LogP contribution in [0.15, 0.2) is 12.2 Å². The lowest BCUT2D eigenvalue weighted by molar-refractivity contribution is -0.266. The average molecular weight is 186 g/mol. The molecule has 1 saturated heterocycles. The van der Waals surface area contributed by atoms with E-state index < -0.39 is 11.6 Å². The number of ether oxygens (including phenoxy) is 3. The van der Waals surface area contributed by atoms with Gasteiger partial charge in [0.25, 0.3) is 0 Å². The van der Waals surface area contributed by atoms with Crippen LogP contribution in [0.3, 0.4) is 0 Å². The Morgan fingerprint density at radius 2 is 2.31 bits per heavy atom. The number of aliphatic hydroxyl groups is 1. The van der Waals surface area contributed by atoms with Crippen molar-refractivity contribution >= 4 is 0 Å². The molecular formula is C9H14O4. The van der Waals surface area contributed by atoms with Crippen LogP contribution in [0.1, 0.15) is 13.8 Å². The second kappa shape index (κ2) is 2.78. The first-order valence-corrected chi connectivity index (χ1v) is 4.37. The second-order valence-electron chi connectivity index (χ2n) is 3.75. The third-order valence-corrected chi connectivity index (χ3v) is 2.22. The van der Waals surface area contributed by atoms with Crippen LogP contribution in [-0.2, 0) is 14.2 Å². The van der Waals surface area contributed by atoms with Gasteiger partial charge in [0.1, 0.15) is 12.7 Å². The molecule has 0 unspecified atom stereocenters. The van der Waals surface area contributed by atoms with E-state index >= 15 is 0 Å². The molecule has 2 rings (SSSR count). The highest BCUT2D eigenvalue weighted by Gasteiger charge is 2.54. The van der Waals surface area contributed by atoms with Gasteiger partial charge < -0.3 is 19.3 Å². The van der Waals surface area contributed by atoms with Crippen molar-refractivity contribution in [2.45, 2.75) is 31.5 Å². The number of hydrogen-bond donors (Lipinski definition) is 1. The van der Waals surface area contributed by atoms with E-state index in [1.165, 1.54) is 0 Å². The Bertz CT molecular complexity index is 236. The monoisotopic (exact) mass is 186 g/mol. The van der Waals surface area contributed by atoms with E-state index in [1.54, 1.807) is 13.8 Å². The van der Waals surface area contributed by atoms with Crippen LogP contribution < -0.4 is 0 Å². The van der Waals surface area contributed by atoms with Gasteiger partial charge >= 0.3 is 0 Å². The first-order valence-electron chi connectivity index (χ1n) is 4.37. The van der Waals surface area contributed by atoms with Gasteiger partial charge in [0, 0.05) is 0 Å². The van der Waals surface area contributed by atoms with Crippen LogP contribution in [0.25, 0.3) is 0 Å². The molecule has 2 aliphatic rings. The number of hydrogen-bond acceptors (Lipinski definition) is 4. The number of fused-ring (bicyclic) bond motifs is 1. The van der Waals surface area contributed by atoms with Crippen molar-refractivity contribution in [2.75, 3.05) is 13.2 Å². The maximum absolute atomic E-state index is 9.22. The maximum atomic E-state index is 9.22. The molecule has 13 heavy (non-hydrogen) atoms. The maximum Gasteiger partial charge on any atom is 0.225 e. The predicted octanol–water partition coefficient (Wildman–Crippen LogP) is 0.413. The zero-order valence-electron chi connectivity index (χ0n) is 7.82. The summed E-state index contributed by atoms with van der Waals surface area (Å²) in [5, 5.41) is 9.22. The van der Waals surface area contributed by atoms with E-state index in [0.717, 1.165) is 0 Å². The second-order valence-corrected chi connectivity index (χ2v) is 3.75. The highest BCUT2D eigenvalue weighted by Crippen LogP contribution is 2.39. The van der Waals surface area contributed by atoms with Crippen molar-refractivity contribution in [3.63, 3.8) is 0 Å². The van der Waals surface area contributed by atoms with Gasteiger partial charge in [0.05, 0.1) is 6.61 Å². The molecule has 0 amide bonds. The lowest BCUT2D eigenvalue weighted by atomic mass is 10.1. The fraction of sp³-hybridized carbons (Fsp3) is 0.778. The first-order chi connectivity index (χ1) is 6.08. The first kappa shape index (κ1) is 9.15. The van der Waals surface area contributed by atoms with E-state index in [0.29, 0.717) is 6.61 Å². The summed E-state index contributed by atoms with van der Waals surface area (Å²) in [6.07, 6.45) is 3.43. The van der Waals surface area contributed by atoms with Gasteiger partial charge in [0.2, 0.25) is 5.79 Å². The minimum absolute atomic E-state index is 0.189. The van der Waals surface area contributed by atoms with Gasteiger partial charge in [-0.2, -0.15) is 0 Å². The normalized spacial score (nSPS) is 41.9. The Kier molecular flexibility index (Phi) is 1.96. The van der Waals surface area contributed by atoms with Gasteiger partial charge in [0.15, 0.2) is 5.79 Å². The third-order valence-electron chi connectivity index (χ3n) is 2.22. The molecule has 0 aliphatic carbocycles. The van der Waals surface area contributed by atoms with Crippen LogP contribution >= 0.6 is 0 Å². The van der Waals surface area contributed by atoms with Gasteiger partial charge in [-0.25, -0.2) is 0 Å². The largest absolute Gasteiger partial charge is 0.391 e. The lowest BCUT2D eigenvalue weighted by Crippen LogP contribution is -2.47. The van der Waals surface area contributed by atoms with Crippen LogP contribution in [0.2, 0.25) is 0 Å². The molecule has 1 N–H and O–H groups in total. The molecule has 0 aromatic heterocycles. The van der Waals surface area contributed by atoms with Crippen molar-refractivity contribution in [1.82, 2.24) is 0 Å². The van der Waals surface area contributed by atoms with Gasteiger partial charge in [-0.15, -0.1) is 0 Å². The molecule has 0 aromatic carbocycles. The summed E-state index contributed by atoms with van der Waals surface area (Å²) < 4.78 is 16.5. The topological polar surface area (TPSA) is 47.9 Å². The zero-order valence-corrected chi connectivity index (χ0v) is 7.82. The Morgan fingerprint density at radius 1 is 1.54 bits per heavy atom. The molecule has 0 bridgehead atoms. The molecule has 0 radical (unpaired) electrons. The van der Waals surface area contributed by atoms with E-state index in [4.69, 9.17) is 14.2 Å². The van der Waals surface area contributed by atoms with Crippen molar-refractivity contribution in [3.8, 4) is 0 Å². The van der Waals surface area contributed by atoms with Gasteiger partial charge in [-0.05, 0) is 13.8 Å². The van der Waals surface area contributed by atoms with E-state index in [2.05, 4.69) is 0 Å². The Hall–Kier alpha value is -0.420. The Labute approximate surface area is 77.1 Å². The number of rotatable bonds is 1. The minimum Gasteiger partial charge on any atom is -0.391 e. The van der Waals surface area contributed by atoms with Crippen LogP contribution in [0, 0.1) is 0 Å². The highest BCUT2D eigenvalue weighted by atomic mass is 16.8. The molecule has 1 fully saturated rings. The quantitative estimate of drug-likeness (QED) is 0.603. The summed E-state index contributed by atoms with van der Waals surface area (Å²) in [7, 11) is 0. The summed E-state index contributed by atoms with van der Waals surface area (Å²) >= 11 is 0. The SMILES string of the molecule is CC1(C)O[C@H]2C=CCO[C@@]2(CO)O1. The molecule has 2 aliphatic heterocycles. The molecule has 2 atom stereocenters. The molecular weight excluding hydrogens is 172 g/mol. The Morgan fingerprint density at radius 3 is 2.92 bits per heavy atom. The average Bonchev–Trinajstić information content (AvgIpc) is 2.35. The summed E-state index contributed by atoms with van der Waals surface area (Å²) in [6.45, 7) is 3.88. The molecule has 0 saturated carbocycles. The minimum atomic E-state index is -0.988. The third kappa shape index (κ3) is 1.40. The molecule has 2 heterocycles. The number of aliphatic hydroxyl groups excluding tert-OH is 1. The lowest BCUT2D eigenvalue weighted by Gasteiger charge is -2.31. The summed E-state index contributed by atoms with van der Waals surface area (Å²) in [5.74, 6) is -1.68. The Balaban J connectivity index is 2.27. The molecule has 0 spiro atoms. The van der Waals surface area contributed by atoms with E-state index in [9.17, 15) is 5.11 Å². The van der Waals surface area contributed by atoms with E-state index in [-0.39, 0.29) is 12.7 Å². The fourth-order valence-corrected chi connectivity index (χ4v) is 1.73. The fourth-order valence-electron chi connectivity index (χ4n) is 1.73. The van der Waals surface area contributed by atoms with E-state index in [1.807, 2.05) is 12.2 Å². The van der Waals surface area contributed by atoms with Gasteiger partial charge in [-0.1, -0.05) is 12.2 Å². The molecule has 0 aromatic rings. The molecule has 4 nitrogen and oxygen atoms in total. The van der Waals surface area contributed by atoms with Gasteiger partial charge in [-0.3, -0.25) is 0 Å². The van der Waals surface area contributed by atoms with Crippen molar-refractivity contribution < 1.29 is 19.3 Å². The van der Waals surface area contributed by atoms with Crippen LogP contribution in [0.5, 0.6) is 0 Å². The van der Waals surface area contributed by atoms with Crippen molar-refractivity contribution in [2.24, 2.45) is 0 Å². The summed E-state index contributed by atoms with van der Waals surface area (Å²) in [6, 6.07) is 0. The van der Waals surface area contributed by atoms with Crippen LogP contribution in [0.4, 0.5) is 0 Å². The molecule has 74 valence electrons. The summed E-state index contributed by atoms with van der Waals surface area (Å²) in [4.78, 5) is 0. The smallest absolute Gasteiger partial charge is 0.225 e.